The van der Waals surface area contributed by atoms with E-state index in [1.165, 1.54) is 11.1 Å². The van der Waals surface area contributed by atoms with Crippen LogP contribution in [0.15, 0.2) is 152 Å². The van der Waals surface area contributed by atoms with E-state index in [2.05, 4.69) is 212 Å². The van der Waals surface area contributed by atoms with Crippen molar-refractivity contribution < 1.29 is 30.3 Å². The first-order valence-electron chi connectivity index (χ1n) is 27.3. The van der Waals surface area contributed by atoms with Gasteiger partial charge in [0.1, 0.15) is 11.6 Å². The molecule has 0 aliphatic heterocycles. The average Bonchev–Trinajstić information content (AvgIpc) is 3.74. The molecule has 0 saturated heterocycles. The summed E-state index contributed by atoms with van der Waals surface area (Å²) < 4.78 is 29.5. The van der Waals surface area contributed by atoms with Gasteiger partial charge in [0.05, 0.1) is 22.3 Å². The molecule has 0 spiro atoms. The van der Waals surface area contributed by atoms with Crippen LogP contribution in [-0.4, -0.2) is 19.6 Å². The molecule has 9 rings (SSSR count). The summed E-state index contributed by atoms with van der Waals surface area (Å²) in [6.45, 7) is 30.4. The van der Waals surface area contributed by atoms with Crippen molar-refractivity contribution >= 4 is 11.0 Å². The van der Waals surface area contributed by atoms with Crippen molar-refractivity contribution in [1.82, 2.24) is 14.5 Å². The summed E-state index contributed by atoms with van der Waals surface area (Å²) in [4.78, 5) is 10.7. The molecule has 74 heavy (non-hydrogen) atoms. The van der Waals surface area contributed by atoms with Gasteiger partial charge in [0.15, 0.2) is 0 Å². The van der Waals surface area contributed by atoms with E-state index in [0.717, 1.165) is 72.4 Å². The van der Waals surface area contributed by atoms with Crippen molar-refractivity contribution in [3.63, 3.8) is 0 Å². The summed E-state index contributed by atoms with van der Waals surface area (Å²) in [5, 5.41) is 12.8. The molecule has 382 valence electrons. The van der Waals surface area contributed by atoms with Crippen molar-refractivity contribution in [3.8, 4) is 78.6 Å². The molecule has 2 heterocycles. The predicted molar refractivity (Wildman–Crippen MR) is 310 cm³/mol. The summed E-state index contributed by atoms with van der Waals surface area (Å²) >= 11 is 0. The molecule has 0 amide bonds. The average molecular weight is 1160 g/mol. The second kappa shape index (κ2) is 19.7. The Bertz CT molecular complexity index is 3630. The van der Waals surface area contributed by atoms with E-state index in [1.807, 2.05) is 54.7 Å². The number of benzene rings is 7. The Morgan fingerprint density at radius 2 is 1.04 bits per heavy atom. The van der Waals surface area contributed by atoms with Crippen molar-refractivity contribution in [3.05, 3.63) is 191 Å². The molecule has 4 nitrogen and oxygen atoms in total. The molecule has 0 radical (unpaired) electrons. The molecule has 2 aromatic heterocycles. The van der Waals surface area contributed by atoms with Crippen LogP contribution >= 0.6 is 0 Å². The Kier molecular flexibility index (Phi) is 13.3. The maximum atomic E-state index is 12.8. The fraction of sp³-hybridized carbons (Fsp3) is 0.304. The SMILES string of the molecule is [2H]C([2H])([2H])c1cc(-n2c(-c3cc(C(C)(C)C)cc(C(C)(C)C)c3O)nc3c(-c4[c-]c(-c5cc(-c6ccc(C(C)(C)C)cc6)ccn5)cc(C(C)(C)C)c4)cccc32)c(-c2ccc(C(C)(C)C)cc2)cc1-c1ccccc1.[Pt]. The maximum absolute atomic E-state index is 12.8. The zero-order valence-electron chi connectivity index (χ0n) is 49.0. The number of aromatic nitrogens is 3. The van der Waals surface area contributed by atoms with Gasteiger partial charge in [-0.15, -0.1) is 29.3 Å². The molecule has 0 aliphatic rings. The van der Waals surface area contributed by atoms with Crippen LogP contribution < -0.4 is 0 Å². The molecular weight excluding hydrogens is 1080 g/mol. The standard InChI is InChI=1S/C69H74N3O.Pt/c1-43-35-61(56(42-55(43)45-21-18-17-19-22-45)46-27-31-51(32-28-46)66(5,6)7)72-60-24-20-23-54(62(60)71-64(72)57-40-53(68(11,12)13)41-58(63(57)73)69(14,15)16)48-36-49(38-52(37-48)67(8,9)10)59-39-47(33-34-70-59)44-25-29-50(30-26-44)65(2,3)4;/h17-35,37-42,73H,1-16H3;/q-1;/i1D3;. The van der Waals surface area contributed by atoms with Gasteiger partial charge in [-0.2, -0.15) is 0 Å². The number of para-hydroxylation sites is 1. The first-order chi connectivity index (χ1) is 35.4. The maximum Gasteiger partial charge on any atom is 0.148 e. The van der Waals surface area contributed by atoms with Gasteiger partial charge in [0, 0.05) is 48.2 Å². The van der Waals surface area contributed by atoms with Gasteiger partial charge in [-0.3, -0.25) is 9.55 Å². The Labute approximate surface area is 460 Å². The van der Waals surface area contributed by atoms with E-state index < -0.39 is 12.3 Å². The second-order valence-corrected chi connectivity index (χ2v) is 25.2. The van der Waals surface area contributed by atoms with Gasteiger partial charge in [0.2, 0.25) is 0 Å². The number of hydrogen-bond donors (Lipinski definition) is 1. The number of nitrogens with zero attached hydrogens (tertiary/aromatic N) is 3. The summed E-state index contributed by atoms with van der Waals surface area (Å²) in [5.74, 6) is 0.626. The molecule has 0 fully saturated rings. The number of aryl methyl sites for hydroxylation is 1. The zero-order valence-corrected chi connectivity index (χ0v) is 48.3. The molecule has 0 aliphatic carbocycles. The molecule has 0 saturated carbocycles. The summed E-state index contributed by atoms with van der Waals surface area (Å²) in [6, 6.07) is 53.9. The van der Waals surface area contributed by atoms with Gasteiger partial charge >= 0.3 is 0 Å². The molecule has 7 aromatic carbocycles. The minimum absolute atomic E-state index is 0. The van der Waals surface area contributed by atoms with Crippen molar-refractivity contribution in [2.45, 2.75) is 138 Å². The topological polar surface area (TPSA) is 50.9 Å². The summed E-state index contributed by atoms with van der Waals surface area (Å²) in [6.07, 6.45) is 1.88. The van der Waals surface area contributed by atoms with Crippen molar-refractivity contribution in [2.75, 3.05) is 0 Å². The van der Waals surface area contributed by atoms with E-state index >= 15 is 0 Å². The van der Waals surface area contributed by atoms with Crippen LogP contribution in [0.25, 0.3) is 83.9 Å². The van der Waals surface area contributed by atoms with Gasteiger partial charge < -0.3 is 5.11 Å². The Hall–Kier alpha value is -6.35. The van der Waals surface area contributed by atoms with Crippen LogP contribution in [0.1, 0.15) is 141 Å². The van der Waals surface area contributed by atoms with Crippen molar-refractivity contribution in [2.24, 2.45) is 0 Å². The minimum Gasteiger partial charge on any atom is -0.507 e. The third-order valence-corrected chi connectivity index (χ3v) is 14.4. The van der Waals surface area contributed by atoms with Crippen LogP contribution in [0.2, 0.25) is 0 Å². The number of pyridine rings is 1. The Balaban J connectivity index is 0.00000784. The monoisotopic (exact) mass is 1160 g/mol. The number of imidazole rings is 1. The van der Waals surface area contributed by atoms with Crippen LogP contribution in [0.4, 0.5) is 0 Å². The third kappa shape index (κ3) is 10.8. The van der Waals surface area contributed by atoms with E-state index in [9.17, 15) is 5.11 Å². The normalized spacial score (nSPS) is 13.3. The van der Waals surface area contributed by atoms with Crippen LogP contribution in [0, 0.1) is 12.9 Å². The number of phenolic OH excluding ortho intramolecular Hbond substituents is 1. The second-order valence-electron chi connectivity index (χ2n) is 25.2. The fourth-order valence-electron chi connectivity index (χ4n) is 9.77. The molecule has 1 N–H and O–H groups in total. The quantitative estimate of drug-likeness (QED) is 0.162. The third-order valence-electron chi connectivity index (χ3n) is 14.4. The van der Waals surface area contributed by atoms with Crippen LogP contribution in [0.5, 0.6) is 5.75 Å². The number of hydrogen-bond acceptors (Lipinski definition) is 3. The van der Waals surface area contributed by atoms with Gasteiger partial charge in [-0.1, -0.05) is 218 Å². The Morgan fingerprint density at radius 3 is 1.62 bits per heavy atom. The van der Waals surface area contributed by atoms with Gasteiger partial charge in [-0.05, 0) is 114 Å². The van der Waals surface area contributed by atoms with Crippen molar-refractivity contribution in [1.29, 1.82) is 0 Å². The zero-order chi connectivity index (χ0) is 55.1. The van der Waals surface area contributed by atoms with E-state index in [1.54, 1.807) is 0 Å². The van der Waals surface area contributed by atoms with E-state index in [4.69, 9.17) is 14.1 Å². The number of rotatable bonds is 7. The molecule has 0 unspecified atom stereocenters. The summed E-state index contributed by atoms with van der Waals surface area (Å²) in [7, 11) is 0. The molecule has 0 atom stereocenters. The number of phenols is 1. The first kappa shape index (κ1) is 49.8. The number of fused-ring (bicyclic) bond motifs is 1. The Morgan fingerprint density at radius 1 is 0.473 bits per heavy atom. The molecule has 9 aromatic rings. The van der Waals surface area contributed by atoms with E-state index in [0.29, 0.717) is 28.2 Å². The van der Waals surface area contributed by atoms with Gasteiger partial charge in [-0.25, -0.2) is 4.98 Å². The summed E-state index contributed by atoms with van der Waals surface area (Å²) in [5.41, 5.74) is 15.9. The first-order valence-corrected chi connectivity index (χ1v) is 25.8. The predicted octanol–water partition coefficient (Wildman–Crippen LogP) is 18.7. The van der Waals surface area contributed by atoms with Crippen LogP contribution in [-0.2, 0) is 48.1 Å². The van der Waals surface area contributed by atoms with E-state index in [-0.39, 0.29) is 54.0 Å². The number of aromatic hydroxyl groups is 1. The largest absolute Gasteiger partial charge is 0.507 e. The fourth-order valence-corrected chi connectivity index (χ4v) is 9.77. The smallest absolute Gasteiger partial charge is 0.148 e. The molecular formula is C69H74N3OPt-. The van der Waals surface area contributed by atoms with Gasteiger partial charge in [0.25, 0.3) is 0 Å². The molecule has 5 heteroatoms. The minimum atomic E-state index is -2.50. The van der Waals surface area contributed by atoms with Crippen LogP contribution in [0.3, 0.4) is 0 Å². The molecule has 0 bridgehead atoms.